The van der Waals surface area contributed by atoms with Crippen molar-refractivity contribution in [3.8, 4) is 6.07 Å². The normalized spacial score (nSPS) is 12.2. The number of hydrogen-bond acceptors (Lipinski definition) is 3. The van der Waals surface area contributed by atoms with Crippen molar-refractivity contribution in [2.24, 2.45) is 11.7 Å². The van der Waals surface area contributed by atoms with E-state index in [1.165, 1.54) is 0 Å². The molecule has 0 unspecified atom stereocenters. The van der Waals surface area contributed by atoms with Crippen LogP contribution < -0.4 is 11.1 Å². The zero-order chi connectivity index (χ0) is 11.0. The average Bonchev–Trinajstić information content (AvgIpc) is 2.11. The molecule has 0 saturated carbocycles. The lowest BCUT2D eigenvalue weighted by atomic mass is 10.0. The molecule has 0 aromatic heterocycles. The Labute approximate surface area is 85.5 Å². The average molecular weight is 197 g/mol. The van der Waals surface area contributed by atoms with Crippen molar-refractivity contribution >= 4 is 5.91 Å². The Kier molecular flexibility index (Phi) is 6.77. The Hall–Kier alpha value is -1.08. The Balaban J connectivity index is 3.58. The van der Waals surface area contributed by atoms with Gasteiger partial charge in [0.15, 0.2) is 0 Å². The molecule has 0 aliphatic carbocycles. The molecule has 4 nitrogen and oxygen atoms in total. The summed E-state index contributed by atoms with van der Waals surface area (Å²) in [6.45, 7) is 4.60. The molecule has 4 heteroatoms. The quantitative estimate of drug-likeness (QED) is 0.617. The lowest BCUT2D eigenvalue weighted by Crippen LogP contribution is -2.41. The minimum Gasteiger partial charge on any atom is -0.355 e. The number of rotatable bonds is 6. The van der Waals surface area contributed by atoms with E-state index in [9.17, 15) is 4.79 Å². The molecule has 3 N–H and O–H groups in total. The van der Waals surface area contributed by atoms with Gasteiger partial charge in [0.25, 0.3) is 0 Å². The fraction of sp³-hybridized carbons (Fsp3) is 0.800. The molecule has 80 valence electrons. The predicted molar refractivity (Wildman–Crippen MR) is 55.3 cm³/mol. The van der Waals surface area contributed by atoms with Crippen LogP contribution in [0.15, 0.2) is 0 Å². The summed E-state index contributed by atoms with van der Waals surface area (Å²) in [6, 6.07) is 1.60. The molecule has 0 rings (SSSR count). The molecule has 1 atom stereocenters. The maximum absolute atomic E-state index is 11.3. The Morgan fingerprint density at radius 1 is 1.57 bits per heavy atom. The summed E-state index contributed by atoms with van der Waals surface area (Å²) in [6.07, 6.45) is 1.86. The van der Waals surface area contributed by atoms with Crippen LogP contribution in [0.2, 0.25) is 0 Å². The van der Waals surface area contributed by atoms with Crippen molar-refractivity contribution in [3.05, 3.63) is 0 Å². The van der Waals surface area contributed by atoms with E-state index in [0.29, 0.717) is 31.7 Å². The number of nitrogens with one attached hydrogen (secondary N) is 1. The van der Waals surface area contributed by atoms with Crippen LogP contribution in [0.5, 0.6) is 0 Å². The van der Waals surface area contributed by atoms with Crippen LogP contribution in [-0.2, 0) is 4.79 Å². The summed E-state index contributed by atoms with van der Waals surface area (Å²) in [5, 5.41) is 11.0. The second-order valence-corrected chi connectivity index (χ2v) is 3.79. The number of carbonyl (C=O) groups excluding carboxylic acids is 1. The summed E-state index contributed by atoms with van der Waals surface area (Å²) in [5.41, 5.74) is 5.66. The van der Waals surface area contributed by atoms with Gasteiger partial charge >= 0.3 is 0 Å². The van der Waals surface area contributed by atoms with Crippen molar-refractivity contribution in [1.29, 1.82) is 5.26 Å². The molecule has 0 aromatic carbocycles. The minimum absolute atomic E-state index is 0.114. The number of hydrogen-bond donors (Lipinski definition) is 2. The third kappa shape index (κ3) is 6.44. The topological polar surface area (TPSA) is 78.9 Å². The first kappa shape index (κ1) is 12.9. The standard InChI is InChI=1S/C10H19N3O/c1-8(2)7-9(12)10(14)13-6-4-3-5-11/h8-9H,3-4,6-7,12H2,1-2H3,(H,13,14)/t9-/m0/s1. The smallest absolute Gasteiger partial charge is 0.236 e. The summed E-state index contributed by atoms with van der Waals surface area (Å²) >= 11 is 0. The molecule has 0 saturated heterocycles. The molecule has 0 radical (unpaired) electrons. The summed E-state index contributed by atoms with van der Waals surface area (Å²) in [5.74, 6) is 0.312. The first-order chi connectivity index (χ1) is 6.57. The van der Waals surface area contributed by atoms with Crippen molar-refractivity contribution in [2.45, 2.75) is 39.2 Å². The fourth-order valence-electron chi connectivity index (χ4n) is 1.13. The van der Waals surface area contributed by atoms with Crippen LogP contribution in [0.4, 0.5) is 0 Å². The van der Waals surface area contributed by atoms with Crippen LogP contribution in [0.1, 0.15) is 33.1 Å². The van der Waals surface area contributed by atoms with Gasteiger partial charge < -0.3 is 11.1 Å². The van der Waals surface area contributed by atoms with Crippen LogP contribution in [-0.4, -0.2) is 18.5 Å². The highest BCUT2D eigenvalue weighted by Crippen LogP contribution is 2.02. The van der Waals surface area contributed by atoms with E-state index in [4.69, 9.17) is 11.0 Å². The fourth-order valence-corrected chi connectivity index (χ4v) is 1.13. The molecule has 0 aliphatic heterocycles. The van der Waals surface area contributed by atoms with Crippen LogP contribution in [0, 0.1) is 17.2 Å². The van der Waals surface area contributed by atoms with Gasteiger partial charge in [0.2, 0.25) is 5.91 Å². The molecule has 0 fully saturated rings. The van der Waals surface area contributed by atoms with Crippen molar-refractivity contribution in [1.82, 2.24) is 5.32 Å². The zero-order valence-electron chi connectivity index (χ0n) is 8.92. The van der Waals surface area contributed by atoms with E-state index in [2.05, 4.69) is 5.32 Å². The summed E-state index contributed by atoms with van der Waals surface area (Å²) in [7, 11) is 0. The maximum atomic E-state index is 11.3. The van der Waals surface area contributed by atoms with Gasteiger partial charge in [-0.05, 0) is 18.8 Å². The van der Waals surface area contributed by atoms with Gasteiger partial charge in [-0.1, -0.05) is 13.8 Å². The maximum Gasteiger partial charge on any atom is 0.236 e. The number of nitrogens with two attached hydrogens (primary N) is 1. The number of carbonyl (C=O) groups is 1. The van der Waals surface area contributed by atoms with Gasteiger partial charge in [0.1, 0.15) is 0 Å². The van der Waals surface area contributed by atoms with Gasteiger partial charge in [0, 0.05) is 13.0 Å². The van der Waals surface area contributed by atoms with Crippen molar-refractivity contribution < 1.29 is 4.79 Å². The van der Waals surface area contributed by atoms with Crippen molar-refractivity contribution in [3.63, 3.8) is 0 Å². The lowest BCUT2D eigenvalue weighted by molar-refractivity contribution is -0.122. The second-order valence-electron chi connectivity index (χ2n) is 3.79. The molecule has 1 amide bonds. The highest BCUT2D eigenvalue weighted by molar-refractivity contribution is 5.81. The van der Waals surface area contributed by atoms with Gasteiger partial charge in [-0.15, -0.1) is 0 Å². The minimum atomic E-state index is -0.419. The van der Waals surface area contributed by atoms with E-state index in [-0.39, 0.29) is 5.91 Å². The predicted octanol–water partition coefficient (Wildman–Crippen LogP) is 0.780. The number of unbranched alkanes of at least 4 members (excludes halogenated alkanes) is 1. The molecule has 0 aromatic rings. The number of amides is 1. The lowest BCUT2D eigenvalue weighted by Gasteiger charge is -2.13. The van der Waals surface area contributed by atoms with Gasteiger partial charge in [-0.25, -0.2) is 0 Å². The zero-order valence-corrected chi connectivity index (χ0v) is 8.92. The molecule has 0 bridgehead atoms. The summed E-state index contributed by atoms with van der Waals surface area (Å²) in [4.78, 5) is 11.3. The third-order valence-electron chi connectivity index (χ3n) is 1.83. The van der Waals surface area contributed by atoms with Gasteiger partial charge in [0.05, 0.1) is 12.1 Å². The van der Waals surface area contributed by atoms with E-state index in [1.807, 2.05) is 19.9 Å². The van der Waals surface area contributed by atoms with E-state index in [0.717, 1.165) is 0 Å². The third-order valence-corrected chi connectivity index (χ3v) is 1.83. The van der Waals surface area contributed by atoms with Crippen LogP contribution in [0.3, 0.4) is 0 Å². The molecule has 14 heavy (non-hydrogen) atoms. The van der Waals surface area contributed by atoms with Gasteiger partial charge in [-0.2, -0.15) is 5.26 Å². The molecular formula is C10H19N3O. The van der Waals surface area contributed by atoms with Crippen molar-refractivity contribution in [2.75, 3.05) is 6.54 Å². The summed E-state index contributed by atoms with van der Waals surface area (Å²) < 4.78 is 0. The van der Waals surface area contributed by atoms with Crippen LogP contribution >= 0.6 is 0 Å². The highest BCUT2D eigenvalue weighted by atomic mass is 16.2. The highest BCUT2D eigenvalue weighted by Gasteiger charge is 2.13. The first-order valence-electron chi connectivity index (χ1n) is 4.98. The van der Waals surface area contributed by atoms with E-state index < -0.39 is 6.04 Å². The second kappa shape index (κ2) is 7.34. The first-order valence-corrected chi connectivity index (χ1v) is 4.98. The Morgan fingerprint density at radius 2 is 2.21 bits per heavy atom. The van der Waals surface area contributed by atoms with Crippen LogP contribution in [0.25, 0.3) is 0 Å². The molecular weight excluding hydrogens is 178 g/mol. The number of nitriles is 1. The Bertz CT molecular complexity index is 208. The Morgan fingerprint density at radius 3 is 2.71 bits per heavy atom. The monoisotopic (exact) mass is 197 g/mol. The SMILES string of the molecule is CC(C)C[C@H](N)C(=O)NCCCC#N. The van der Waals surface area contributed by atoms with E-state index in [1.54, 1.807) is 0 Å². The van der Waals surface area contributed by atoms with E-state index >= 15 is 0 Å². The van der Waals surface area contributed by atoms with Gasteiger partial charge in [-0.3, -0.25) is 4.79 Å². The largest absolute Gasteiger partial charge is 0.355 e. The number of nitrogens with zero attached hydrogens (tertiary/aromatic N) is 1. The molecule has 0 aliphatic rings. The molecule has 0 heterocycles. The molecule has 0 spiro atoms.